The first-order chi connectivity index (χ1) is 7.04. The van der Waals surface area contributed by atoms with Crippen molar-refractivity contribution in [2.75, 3.05) is 13.6 Å². The van der Waals surface area contributed by atoms with E-state index in [0.29, 0.717) is 17.3 Å². The molecule has 3 nitrogen and oxygen atoms in total. The van der Waals surface area contributed by atoms with Gasteiger partial charge in [-0.3, -0.25) is 4.79 Å². The normalized spacial score (nSPS) is 9.80. The molecule has 0 N–H and O–H groups in total. The summed E-state index contributed by atoms with van der Waals surface area (Å²) in [5.41, 5.74) is 1.29. The molecule has 0 aliphatic heterocycles. The number of rotatable bonds is 3. The van der Waals surface area contributed by atoms with E-state index in [4.69, 9.17) is 11.6 Å². The fraction of sp³-hybridized carbons (Fsp3) is 0.273. The molecule has 0 aromatic carbocycles. The number of amides is 1. The molecule has 1 aromatic rings. The molecule has 0 bridgehead atoms. The summed E-state index contributed by atoms with van der Waals surface area (Å²) in [6, 6.07) is 3.28. The van der Waals surface area contributed by atoms with Gasteiger partial charge in [0, 0.05) is 24.8 Å². The topological polar surface area (TPSA) is 33.2 Å². The van der Waals surface area contributed by atoms with E-state index in [2.05, 4.69) is 11.6 Å². The minimum absolute atomic E-state index is 0.0812. The lowest BCUT2D eigenvalue weighted by molar-refractivity contribution is 0.0810. The second-order valence-corrected chi connectivity index (χ2v) is 3.68. The van der Waals surface area contributed by atoms with E-state index in [1.165, 1.54) is 0 Å². The van der Waals surface area contributed by atoms with Crippen molar-refractivity contribution in [3.05, 3.63) is 41.2 Å². The Balaban J connectivity index is 2.95. The first kappa shape index (κ1) is 11.7. The summed E-state index contributed by atoms with van der Waals surface area (Å²) in [5, 5.41) is 0.338. The number of carbonyl (C=O) groups is 1. The van der Waals surface area contributed by atoms with Crippen molar-refractivity contribution in [2.45, 2.75) is 6.92 Å². The summed E-state index contributed by atoms with van der Waals surface area (Å²) in [6.45, 7) is 5.89. The van der Waals surface area contributed by atoms with Crippen LogP contribution in [0.15, 0.2) is 24.8 Å². The fourth-order valence-electron chi connectivity index (χ4n) is 1.25. The van der Waals surface area contributed by atoms with Crippen LogP contribution >= 0.6 is 11.6 Å². The van der Waals surface area contributed by atoms with Crippen LogP contribution in [0.1, 0.15) is 16.1 Å². The average molecular weight is 225 g/mol. The third-order valence-electron chi connectivity index (χ3n) is 1.92. The molecule has 1 aromatic heterocycles. The van der Waals surface area contributed by atoms with Gasteiger partial charge in [0.25, 0.3) is 5.91 Å². The molecule has 1 heterocycles. The summed E-state index contributed by atoms with van der Waals surface area (Å²) in [7, 11) is 1.72. The lowest BCUT2D eigenvalue weighted by atomic mass is 10.2. The maximum absolute atomic E-state index is 11.8. The minimum atomic E-state index is -0.0812. The molecule has 15 heavy (non-hydrogen) atoms. The Morgan fingerprint density at radius 3 is 2.87 bits per heavy atom. The zero-order valence-corrected chi connectivity index (χ0v) is 9.58. The highest BCUT2D eigenvalue weighted by atomic mass is 35.5. The van der Waals surface area contributed by atoms with E-state index in [-0.39, 0.29) is 5.91 Å². The van der Waals surface area contributed by atoms with Gasteiger partial charge in [-0.1, -0.05) is 17.7 Å². The van der Waals surface area contributed by atoms with Gasteiger partial charge in [-0.15, -0.1) is 6.58 Å². The van der Waals surface area contributed by atoms with Gasteiger partial charge < -0.3 is 4.90 Å². The van der Waals surface area contributed by atoms with E-state index in [1.807, 2.05) is 0 Å². The Labute approximate surface area is 94.4 Å². The highest BCUT2D eigenvalue weighted by Gasteiger charge is 2.11. The predicted octanol–water partition coefficient (Wildman–Crippen LogP) is 2.30. The molecule has 1 amide bonds. The van der Waals surface area contributed by atoms with Crippen LogP contribution in [-0.4, -0.2) is 29.4 Å². The summed E-state index contributed by atoms with van der Waals surface area (Å²) < 4.78 is 0. The summed E-state index contributed by atoms with van der Waals surface area (Å²) >= 11 is 5.77. The lowest BCUT2D eigenvalue weighted by Crippen LogP contribution is -2.26. The lowest BCUT2D eigenvalue weighted by Gasteiger charge is -2.14. The van der Waals surface area contributed by atoms with Crippen LogP contribution in [0.25, 0.3) is 0 Å². The van der Waals surface area contributed by atoms with E-state index in [0.717, 1.165) is 5.69 Å². The number of aromatic nitrogens is 1. The van der Waals surface area contributed by atoms with E-state index >= 15 is 0 Å². The smallest absolute Gasteiger partial charge is 0.254 e. The minimum Gasteiger partial charge on any atom is -0.338 e. The van der Waals surface area contributed by atoms with E-state index in [1.54, 1.807) is 37.1 Å². The molecule has 1 rings (SSSR count). The number of nitrogens with zero attached hydrogens (tertiary/aromatic N) is 2. The number of pyridine rings is 1. The molecule has 0 aliphatic carbocycles. The number of halogens is 1. The van der Waals surface area contributed by atoms with Crippen LogP contribution in [0.3, 0.4) is 0 Å². The van der Waals surface area contributed by atoms with Gasteiger partial charge in [0.2, 0.25) is 0 Å². The van der Waals surface area contributed by atoms with Crippen molar-refractivity contribution in [1.29, 1.82) is 0 Å². The van der Waals surface area contributed by atoms with Crippen molar-refractivity contribution in [3.8, 4) is 0 Å². The number of likely N-dealkylation sites (N-methyl/N-ethyl adjacent to an activating group) is 1. The van der Waals surface area contributed by atoms with E-state index < -0.39 is 0 Å². The van der Waals surface area contributed by atoms with Crippen molar-refractivity contribution in [2.24, 2.45) is 0 Å². The number of hydrogen-bond donors (Lipinski definition) is 0. The number of hydrogen-bond acceptors (Lipinski definition) is 2. The summed E-state index contributed by atoms with van der Waals surface area (Å²) in [5.74, 6) is -0.0812. The largest absolute Gasteiger partial charge is 0.338 e. The number of aryl methyl sites for hydroxylation is 1. The molecule has 0 spiro atoms. The molecule has 0 aliphatic rings. The van der Waals surface area contributed by atoms with Gasteiger partial charge in [0.15, 0.2) is 0 Å². The highest BCUT2D eigenvalue weighted by molar-refractivity contribution is 6.29. The van der Waals surface area contributed by atoms with Gasteiger partial charge >= 0.3 is 0 Å². The SMILES string of the molecule is C=CCN(C)C(=O)c1cc(C)nc(Cl)c1. The Bertz CT molecular complexity index is 370. The van der Waals surface area contributed by atoms with E-state index in [9.17, 15) is 4.79 Å². The fourth-order valence-corrected chi connectivity index (χ4v) is 1.50. The van der Waals surface area contributed by atoms with Crippen LogP contribution in [0.2, 0.25) is 5.15 Å². The highest BCUT2D eigenvalue weighted by Crippen LogP contribution is 2.12. The average Bonchev–Trinajstić information content (AvgIpc) is 2.15. The predicted molar refractivity (Wildman–Crippen MR) is 61.1 cm³/mol. The molecule has 0 saturated carbocycles. The Hall–Kier alpha value is -1.35. The van der Waals surface area contributed by atoms with Gasteiger partial charge in [0.1, 0.15) is 5.15 Å². The summed E-state index contributed by atoms with van der Waals surface area (Å²) in [6.07, 6.45) is 1.67. The Kier molecular flexibility index (Phi) is 3.86. The van der Waals surface area contributed by atoms with Gasteiger partial charge in [0.05, 0.1) is 0 Å². The number of carbonyl (C=O) groups excluding carboxylic acids is 1. The van der Waals surface area contributed by atoms with Crippen LogP contribution in [0.4, 0.5) is 0 Å². The van der Waals surface area contributed by atoms with Crippen LogP contribution in [0.5, 0.6) is 0 Å². The first-order valence-corrected chi connectivity index (χ1v) is 4.93. The molecule has 0 fully saturated rings. The molecule has 80 valence electrons. The molecular weight excluding hydrogens is 212 g/mol. The van der Waals surface area contributed by atoms with Crippen LogP contribution in [0, 0.1) is 6.92 Å². The first-order valence-electron chi connectivity index (χ1n) is 4.55. The monoisotopic (exact) mass is 224 g/mol. The summed E-state index contributed by atoms with van der Waals surface area (Å²) in [4.78, 5) is 17.4. The van der Waals surface area contributed by atoms with Crippen molar-refractivity contribution in [3.63, 3.8) is 0 Å². The second-order valence-electron chi connectivity index (χ2n) is 3.29. The second kappa shape index (κ2) is 4.94. The quantitative estimate of drug-likeness (QED) is 0.583. The van der Waals surface area contributed by atoms with Crippen LogP contribution in [-0.2, 0) is 0 Å². The van der Waals surface area contributed by atoms with Gasteiger partial charge in [-0.2, -0.15) is 0 Å². The van der Waals surface area contributed by atoms with Gasteiger partial charge in [-0.25, -0.2) is 4.98 Å². The zero-order chi connectivity index (χ0) is 11.4. The molecule has 4 heteroatoms. The maximum Gasteiger partial charge on any atom is 0.254 e. The van der Waals surface area contributed by atoms with Gasteiger partial charge in [-0.05, 0) is 19.1 Å². The standard InChI is InChI=1S/C11H13ClN2O/c1-4-5-14(3)11(15)9-6-8(2)13-10(12)7-9/h4,6-7H,1,5H2,2-3H3. The third kappa shape index (κ3) is 3.06. The van der Waals surface area contributed by atoms with Crippen molar-refractivity contribution in [1.82, 2.24) is 9.88 Å². The Morgan fingerprint density at radius 1 is 1.67 bits per heavy atom. The molecule has 0 unspecified atom stereocenters. The third-order valence-corrected chi connectivity index (χ3v) is 2.11. The Morgan fingerprint density at radius 2 is 2.33 bits per heavy atom. The van der Waals surface area contributed by atoms with Crippen molar-refractivity contribution < 1.29 is 4.79 Å². The molecule has 0 radical (unpaired) electrons. The van der Waals surface area contributed by atoms with Crippen LogP contribution < -0.4 is 0 Å². The maximum atomic E-state index is 11.8. The molecule has 0 atom stereocenters. The molecule has 0 saturated heterocycles. The zero-order valence-electron chi connectivity index (χ0n) is 8.83. The molecular formula is C11H13ClN2O. The van der Waals surface area contributed by atoms with Crippen molar-refractivity contribution >= 4 is 17.5 Å².